The number of pyridine rings is 1. The van der Waals surface area contributed by atoms with Crippen LogP contribution in [0, 0.1) is 0 Å². The van der Waals surface area contributed by atoms with Crippen molar-refractivity contribution in [2.75, 3.05) is 14.2 Å². The lowest BCUT2D eigenvalue weighted by atomic mass is 10.4. The highest BCUT2D eigenvalue weighted by Gasteiger charge is 2.16. The first kappa shape index (κ1) is 12.9. The van der Waals surface area contributed by atoms with E-state index in [-0.39, 0.29) is 5.03 Å². The lowest BCUT2D eigenvalue weighted by Gasteiger charge is -2.00. The molecule has 18 heavy (non-hydrogen) atoms. The van der Waals surface area contributed by atoms with E-state index in [0.29, 0.717) is 10.4 Å². The van der Waals surface area contributed by atoms with Gasteiger partial charge in [0, 0.05) is 0 Å². The zero-order valence-corrected chi connectivity index (χ0v) is 11.3. The number of fused-ring (bicyclic) bond motifs is 1. The van der Waals surface area contributed by atoms with Crippen LogP contribution < -0.4 is 4.72 Å². The number of carbonyl (C=O) groups is 1. The second-order valence-corrected chi connectivity index (χ2v) is 6.26. The maximum atomic E-state index is 11.6. The first-order valence-electron chi connectivity index (χ1n) is 4.90. The van der Waals surface area contributed by atoms with Gasteiger partial charge in [-0.05, 0) is 25.2 Å². The van der Waals surface area contributed by atoms with Gasteiger partial charge in [-0.3, -0.25) is 0 Å². The summed E-state index contributed by atoms with van der Waals surface area (Å²) in [6, 6.07) is 4.52. The topological polar surface area (TPSA) is 85.4 Å². The van der Waals surface area contributed by atoms with Crippen LogP contribution in [-0.2, 0) is 14.8 Å². The minimum atomic E-state index is -3.58. The predicted octanol–water partition coefficient (Wildman–Crippen LogP) is 0.991. The van der Waals surface area contributed by atoms with Gasteiger partial charge in [0.2, 0.25) is 0 Å². The summed E-state index contributed by atoms with van der Waals surface area (Å²) in [5.74, 6) is -0.462. The molecule has 96 valence electrons. The highest BCUT2D eigenvalue weighted by atomic mass is 32.2. The van der Waals surface area contributed by atoms with Crippen LogP contribution in [-0.4, -0.2) is 33.5 Å². The van der Waals surface area contributed by atoms with Crippen molar-refractivity contribution in [3.8, 4) is 0 Å². The third-order valence-corrected chi connectivity index (χ3v) is 4.66. The first-order chi connectivity index (χ1) is 8.47. The van der Waals surface area contributed by atoms with Crippen LogP contribution in [0.15, 0.2) is 23.2 Å². The molecule has 0 aliphatic carbocycles. The first-order valence-corrected chi connectivity index (χ1v) is 7.20. The Balaban J connectivity index is 2.56. The Morgan fingerprint density at radius 2 is 2.17 bits per heavy atom. The van der Waals surface area contributed by atoms with E-state index in [2.05, 4.69) is 14.4 Å². The highest BCUT2D eigenvalue weighted by molar-refractivity contribution is 7.89. The average molecular weight is 286 g/mol. The molecule has 0 fully saturated rings. The van der Waals surface area contributed by atoms with Crippen molar-refractivity contribution in [1.82, 2.24) is 9.71 Å². The summed E-state index contributed by atoms with van der Waals surface area (Å²) in [5.41, 5.74) is 0.455. The molecule has 1 N–H and O–H groups in total. The summed E-state index contributed by atoms with van der Waals surface area (Å²) in [6.45, 7) is 0. The number of carbonyl (C=O) groups excluding carboxylic acids is 1. The summed E-state index contributed by atoms with van der Waals surface area (Å²) in [7, 11) is -0.976. The standard InChI is InChI=1S/C10H10N2O4S2/c1-11-18(14,15)9-4-3-7-6(12-9)5-8(17-7)10(13)16-2/h3-5,11H,1-2H3. The van der Waals surface area contributed by atoms with Gasteiger partial charge in [0.15, 0.2) is 5.03 Å². The minimum absolute atomic E-state index is 0.0771. The number of hydrogen-bond acceptors (Lipinski definition) is 6. The summed E-state index contributed by atoms with van der Waals surface area (Å²) in [6.07, 6.45) is 0. The lowest BCUT2D eigenvalue weighted by molar-refractivity contribution is 0.0606. The normalized spacial score (nSPS) is 11.7. The van der Waals surface area contributed by atoms with Crippen LogP contribution in [0.3, 0.4) is 0 Å². The van der Waals surface area contributed by atoms with Gasteiger partial charge in [-0.25, -0.2) is 22.9 Å². The van der Waals surface area contributed by atoms with Crippen molar-refractivity contribution < 1.29 is 17.9 Å². The van der Waals surface area contributed by atoms with Gasteiger partial charge in [0.1, 0.15) is 4.88 Å². The number of rotatable bonds is 3. The van der Waals surface area contributed by atoms with Gasteiger partial charge in [0.05, 0.1) is 17.3 Å². The van der Waals surface area contributed by atoms with E-state index in [1.807, 2.05) is 0 Å². The number of sulfonamides is 1. The second-order valence-electron chi connectivity index (χ2n) is 3.34. The quantitative estimate of drug-likeness (QED) is 0.850. The number of thiophene rings is 1. The third kappa shape index (κ3) is 2.22. The lowest BCUT2D eigenvalue weighted by Crippen LogP contribution is -2.19. The molecule has 2 rings (SSSR count). The Labute approximate surface area is 108 Å². The van der Waals surface area contributed by atoms with Crippen molar-refractivity contribution in [2.45, 2.75) is 5.03 Å². The molecule has 2 aromatic rings. The number of methoxy groups -OCH3 is 1. The van der Waals surface area contributed by atoms with Gasteiger partial charge in [-0.1, -0.05) is 0 Å². The third-order valence-electron chi connectivity index (χ3n) is 2.28. The van der Waals surface area contributed by atoms with E-state index in [0.717, 1.165) is 4.70 Å². The van der Waals surface area contributed by atoms with Crippen LogP contribution >= 0.6 is 11.3 Å². The molecule has 0 aliphatic heterocycles. The second kappa shape index (κ2) is 4.63. The monoisotopic (exact) mass is 286 g/mol. The number of hydrogen-bond donors (Lipinski definition) is 1. The molecule has 6 nitrogen and oxygen atoms in total. The largest absolute Gasteiger partial charge is 0.465 e. The molecule has 2 heterocycles. The van der Waals surface area contributed by atoms with E-state index in [9.17, 15) is 13.2 Å². The van der Waals surface area contributed by atoms with E-state index in [1.54, 1.807) is 6.07 Å². The molecule has 0 saturated heterocycles. The van der Waals surface area contributed by atoms with Crippen molar-refractivity contribution in [1.29, 1.82) is 0 Å². The van der Waals surface area contributed by atoms with Crippen LogP contribution in [0.4, 0.5) is 0 Å². The number of nitrogens with one attached hydrogen (secondary N) is 1. The molecule has 0 amide bonds. The number of aromatic nitrogens is 1. The molecule has 0 unspecified atom stereocenters. The Morgan fingerprint density at radius 1 is 1.44 bits per heavy atom. The van der Waals surface area contributed by atoms with Gasteiger partial charge >= 0.3 is 5.97 Å². The maximum absolute atomic E-state index is 11.6. The van der Waals surface area contributed by atoms with Gasteiger partial charge in [0.25, 0.3) is 10.0 Å². The summed E-state index contributed by atoms with van der Waals surface area (Å²) < 4.78 is 30.7. The van der Waals surface area contributed by atoms with E-state index in [4.69, 9.17) is 0 Å². The molecule has 0 aromatic carbocycles. The minimum Gasteiger partial charge on any atom is -0.465 e. The number of esters is 1. The Bertz CT molecular complexity index is 706. The molecular weight excluding hydrogens is 276 g/mol. The van der Waals surface area contributed by atoms with Crippen molar-refractivity contribution in [3.63, 3.8) is 0 Å². The summed E-state index contributed by atoms with van der Waals surface area (Å²) in [5, 5.41) is -0.0771. The molecule has 0 radical (unpaired) electrons. The Hall–Kier alpha value is -1.51. The molecule has 0 aliphatic rings. The molecule has 2 aromatic heterocycles. The fourth-order valence-corrected chi connectivity index (χ4v) is 2.95. The predicted molar refractivity (Wildman–Crippen MR) is 67.2 cm³/mol. The summed E-state index contributed by atoms with van der Waals surface area (Å²) >= 11 is 1.20. The zero-order valence-electron chi connectivity index (χ0n) is 9.63. The van der Waals surface area contributed by atoms with Crippen molar-refractivity contribution in [2.24, 2.45) is 0 Å². The fraction of sp³-hybridized carbons (Fsp3) is 0.200. The van der Waals surface area contributed by atoms with Crippen LogP contribution in [0.5, 0.6) is 0 Å². The SMILES string of the molecule is CNS(=O)(=O)c1ccc2sc(C(=O)OC)cc2n1. The molecule has 0 bridgehead atoms. The van der Waals surface area contributed by atoms with Gasteiger partial charge in [-0.2, -0.15) is 0 Å². The number of nitrogens with zero attached hydrogens (tertiary/aromatic N) is 1. The van der Waals surface area contributed by atoms with Crippen LogP contribution in [0.1, 0.15) is 9.67 Å². The Kier molecular flexibility index (Phi) is 3.33. The highest BCUT2D eigenvalue weighted by Crippen LogP contribution is 2.25. The molecule has 0 spiro atoms. The van der Waals surface area contributed by atoms with E-state index in [1.165, 1.54) is 37.6 Å². The number of ether oxygens (including phenoxy) is 1. The smallest absolute Gasteiger partial charge is 0.348 e. The van der Waals surface area contributed by atoms with E-state index < -0.39 is 16.0 Å². The fourth-order valence-electron chi connectivity index (χ4n) is 1.36. The maximum Gasteiger partial charge on any atom is 0.348 e. The molecule has 8 heteroatoms. The van der Waals surface area contributed by atoms with Gasteiger partial charge < -0.3 is 4.74 Å². The van der Waals surface area contributed by atoms with E-state index >= 15 is 0 Å². The zero-order chi connectivity index (χ0) is 13.3. The Morgan fingerprint density at radius 3 is 2.78 bits per heavy atom. The van der Waals surface area contributed by atoms with Gasteiger partial charge in [-0.15, -0.1) is 11.3 Å². The van der Waals surface area contributed by atoms with Crippen molar-refractivity contribution >= 4 is 37.5 Å². The summed E-state index contributed by atoms with van der Waals surface area (Å²) in [4.78, 5) is 15.7. The molecule has 0 saturated carbocycles. The van der Waals surface area contributed by atoms with Crippen molar-refractivity contribution in [3.05, 3.63) is 23.1 Å². The molecular formula is C10H10N2O4S2. The average Bonchev–Trinajstić information content (AvgIpc) is 2.80. The van der Waals surface area contributed by atoms with Crippen LogP contribution in [0.2, 0.25) is 0 Å². The van der Waals surface area contributed by atoms with Crippen LogP contribution in [0.25, 0.3) is 10.2 Å². The molecule has 0 atom stereocenters.